The van der Waals surface area contributed by atoms with Crippen LogP contribution in [0.25, 0.3) is 5.65 Å². The van der Waals surface area contributed by atoms with Crippen LogP contribution in [0.5, 0.6) is 0 Å². The van der Waals surface area contributed by atoms with Crippen molar-refractivity contribution >= 4 is 39.2 Å². The lowest BCUT2D eigenvalue weighted by molar-refractivity contribution is 0.944. The molecule has 3 aromatic rings. The molecule has 0 saturated carbocycles. The largest absolute Gasteiger partial charge is 0.369 e. The number of nitrogens with one attached hydrogen (secondary N) is 1. The van der Waals surface area contributed by atoms with Crippen molar-refractivity contribution < 1.29 is 0 Å². The average Bonchev–Trinajstić information content (AvgIpc) is 2.96. The van der Waals surface area contributed by atoms with Crippen molar-refractivity contribution in [1.82, 2.24) is 19.4 Å². The predicted octanol–water partition coefficient (Wildman–Crippen LogP) is 3.86. The van der Waals surface area contributed by atoms with E-state index in [1.807, 2.05) is 28.9 Å². The first-order valence-electron chi connectivity index (χ1n) is 6.63. The van der Waals surface area contributed by atoms with E-state index >= 15 is 0 Å². The molecule has 0 spiro atoms. The zero-order valence-electron chi connectivity index (χ0n) is 11.5. The Morgan fingerprint density at radius 1 is 1.33 bits per heavy atom. The lowest BCUT2D eigenvalue weighted by Gasteiger charge is -2.08. The summed E-state index contributed by atoms with van der Waals surface area (Å²) in [5.74, 6) is 0.849. The Bertz CT molecular complexity index is 741. The summed E-state index contributed by atoms with van der Waals surface area (Å²) >= 11 is 4.90. The Kier molecular flexibility index (Phi) is 4.40. The van der Waals surface area contributed by atoms with E-state index < -0.39 is 0 Å². The number of hydrogen-bond donors (Lipinski definition) is 1. The summed E-state index contributed by atoms with van der Waals surface area (Å²) < 4.78 is 2.94. The van der Waals surface area contributed by atoms with Gasteiger partial charge in [0.25, 0.3) is 0 Å². The Labute approximate surface area is 135 Å². The molecule has 0 bridgehead atoms. The molecule has 0 aliphatic heterocycles. The molecule has 7 heteroatoms. The van der Waals surface area contributed by atoms with E-state index in [1.54, 1.807) is 12.4 Å². The van der Waals surface area contributed by atoms with Crippen LogP contribution in [0.1, 0.15) is 13.3 Å². The SMILES string of the molecule is CCCNc1cn2ccnc2c(Sc2ccc(Br)cn2)n1. The van der Waals surface area contributed by atoms with Gasteiger partial charge in [-0.05, 0) is 46.2 Å². The minimum Gasteiger partial charge on any atom is -0.369 e. The maximum Gasteiger partial charge on any atom is 0.170 e. The minimum absolute atomic E-state index is 0.840. The average molecular weight is 364 g/mol. The topological polar surface area (TPSA) is 55.1 Å². The second-order valence-corrected chi connectivity index (χ2v) is 6.36. The Morgan fingerprint density at radius 2 is 2.24 bits per heavy atom. The molecule has 3 aromatic heterocycles. The van der Waals surface area contributed by atoms with E-state index in [9.17, 15) is 0 Å². The van der Waals surface area contributed by atoms with Crippen molar-refractivity contribution in [1.29, 1.82) is 0 Å². The quantitative estimate of drug-likeness (QED) is 0.745. The molecule has 3 rings (SSSR count). The van der Waals surface area contributed by atoms with Gasteiger partial charge in [-0.2, -0.15) is 0 Å². The number of pyridine rings is 1. The van der Waals surface area contributed by atoms with E-state index in [-0.39, 0.29) is 0 Å². The van der Waals surface area contributed by atoms with Crippen LogP contribution in [0, 0.1) is 0 Å². The molecule has 0 radical (unpaired) electrons. The molecule has 0 unspecified atom stereocenters. The number of nitrogens with zero attached hydrogens (tertiary/aromatic N) is 4. The predicted molar refractivity (Wildman–Crippen MR) is 87.8 cm³/mol. The van der Waals surface area contributed by atoms with Crippen molar-refractivity contribution in [3.63, 3.8) is 0 Å². The van der Waals surface area contributed by atoms with Gasteiger partial charge in [-0.3, -0.25) is 0 Å². The molecule has 5 nitrogen and oxygen atoms in total. The fraction of sp³-hybridized carbons (Fsp3) is 0.214. The molecule has 0 atom stereocenters. The second kappa shape index (κ2) is 6.44. The molecule has 0 saturated heterocycles. The monoisotopic (exact) mass is 363 g/mol. The molecular weight excluding hydrogens is 350 g/mol. The number of imidazole rings is 1. The van der Waals surface area contributed by atoms with E-state index in [2.05, 4.69) is 43.1 Å². The summed E-state index contributed by atoms with van der Waals surface area (Å²) in [5, 5.41) is 5.05. The van der Waals surface area contributed by atoms with E-state index in [0.29, 0.717) is 0 Å². The summed E-state index contributed by atoms with van der Waals surface area (Å²) in [6, 6.07) is 3.93. The Balaban J connectivity index is 1.95. The van der Waals surface area contributed by atoms with E-state index in [4.69, 9.17) is 0 Å². The molecule has 108 valence electrons. The van der Waals surface area contributed by atoms with Crippen LogP contribution in [0.3, 0.4) is 0 Å². The van der Waals surface area contributed by atoms with E-state index in [0.717, 1.165) is 39.0 Å². The number of aromatic nitrogens is 4. The maximum absolute atomic E-state index is 4.65. The van der Waals surface area contributed by atoms with Gasteiger partial charge in [0.1, 0.15) is 15.9 Å². The van der Waals surface area contributed by atoms with Gasteiger partial charge in [-0.25, -0.2) is 15.0 Å². The number of anilines is 1. The Hall–Kier alpha value is -1.60. The highest BCUT2D eigenvalue weighted by molar-refractivity contribution is 9.10. The van der Waals surface area contributed by atoms with Crippen molar-refractivity contribution in [3.05, 3.63) is 41.4 Å². The maximum atomic E-state index is 4.65. The van der Waals surface area contributed by atoms with Crippen LogP contribution in [0.4, 0.5) is 5.82 Å². The van der Waals surface area contributed by atoms with Gasteiger partial charge >= 0.3 is 0 Å². The number of hydrogen-bond acceptors (Lipinski definition) is 5. The smallest absolute Gasteiger partial charge is 0.170 e. The van der Waals surface area contributed by atoms with Crippen molar-refractivity contribution in [2.45, 2.75) is 23.4 Å². The third-order valence-corrected chi connectivity index (χ3v) is 4.19. The molecular formula is C14H14BrN5S. The zero-order chi connectivity index (χ0) is 14.7. The van der Waals surface area contributed by atoms with Gasteiger partial charge in [0.05, 0.1) is 6.20 Å². The van der Waals surface area contributed by atoms with Crippen molar-refractivity contribution in [3.8, 4) is 0 Å². The molecule has 0 aliphatic carbocycles. The van der Waals surface area contributed by atoms with Gasteiger partial charge in [0, 0.05) is 29.6 Å². The summed E-state index contributed by atoms with van der Waals surface area (Å²) in [4.78, 5) is 13.4. The normalized spacial score (nSPS) is 11.0. The molecule has 0 fully saturated rings. The van der Waals surface area contributed by atoms with Gasteiger partial charge in [0.15, 0.2) is 5.65 Å². The molecule has 3 heterocycles. The van der Waals surface area contributed by atoms with Gasteiger partial charge in [-0.15, -0.1) is 0 Å². The standard InChI is InChI=1S/C14H14BrN5S/c1-2-5-16-11-9-20-7-6-17-13(20)14(19-11)21-12-4-3-10(15)8-18-12/h3-4,6-9,16H,2,5H2,1H3. The van der Waals surface area contributed by atoms with Crippen LogP contribution in [0.2, 0.25) is 0 Å². The molecule has 0 aliphatic rings. The third-order valence-electron chi connectivity index (χ3n) is 2.80. The summed E-state index contributed by atoms with van der Waals surface area (Å²) in [5.41, 5.74) is 0.840. The highest BCUT2D eigenvalue weighted by Crippen LogP contribution is 2.29. The van der Waals surface area contributed by atoms with Gasteiger partial charge < -0.3 is 9.72 Å². The number of rotatable bonds is 5. The van der Waals surface area contributed by atoms with Gasteiger partial charge in [0.2, 0.25) is 0 Å². The first-order chi connectivity index (χ1) is 10.3. The Morgan fingerprint density at radius 3 is 3.00 bits per heavy atom. The van der Waals surface area contributed by atoms with Crippen molar-refractivity contribution in [2.75, 3.05) is 11.9 Å². The van der Waals surface area contributed by atoms with Crippen LogP contribution in [-0.2, 0) is 0 Å². The zero-order valence-corrected chi connectivity index (χ0v) is 13.9. The van der Waals surface area contributed by atoms with Crippen LogP contribution < -0.4 is 5.32 Å². The number of halogens is 1. The first kappa shape index (κ1) is 14.3. The van der Waals surface area contributed by atoms with Crippen molar-refractivity contribution in [2.24, 2.45) is 0 Å². The molecule has 1 N–H and O–H groups in total. The first-order valence-corrected chi connectivity index (χ1v) is 8.24. The molecule has 21 heavy (non-hydrogen) atoms. The lowest BCUT2D eigenvalue weighted by atomic mass is 10.5. The summed E-state index contributed by atoms with van der Waals surface area (Å²) in [7, 11) is 0. The molecule has 0 amide bonds. The third kappa shape index (κ3) is 3.36. The number of fused-ring (bicyclic) bond motifs is 1. The van der Waals surface area contributed by atoms with E-state index in [1.165, 1.54) is 11.8 Å². The van der Waals surface area contributed by atoms with Crippen LogP contribution in [-0.4, -0.2) is 25.9 Å². The lowest BCUT2D eigenvalue weighted by Crippen LogP contribution is -2.04. The van der Waals surface area contributed by atoms with Gasteiger partial charge in [-0.1, -0.05) is 6.92 Å². The highest BCUT2D eigenvalue weighted by Gasteiger charge is 2.10. The summed E-state index contributed by atoms with van der Waals surface area (Å²) in [6.07, 6.45) is 8.49. The van der Waals surface area contributed by atoms with Crippen LogP contribution in [0.15, 0.2) is 51.4 Å². The van der Waals surface area contributed by atoms with Crippen LogP contribution >= 0.6 is 27.7 Å². The fourth-order valence-corrected chi connectivity index (χ4v) is 2.90. The molecule has 0 aromatic carbocycles. The fourth-order valence-electron chi connectivity index (χ4n) is 1.83. The summed E-state index contributed by atoms with van der Waals surface area (Å²) in [6.45, 7) is 3.03. The second-order valence-electron chi connectivity index (χ2n) is 4.43. The highest BCUT2D eigenvalue weighted by atomic mass is 79.9. The minimum atomic E-state index is 0.840.